The third-order valence-electron chi connectivity index (χ3n) is 4.09. The van der Waals surface area contributed by atoms with Crippen molar-refractivity contribution in [3.05, 3.63) is 59.1 Å². The van der Waals surface area contributed by atoms with E-state index in [0.717, 1.165) is 11.3 Å². The topological polar surface area (TPSA) is 50.8 Å². The molecule has 5 nitrogen and oxygen atoms in total. The maximum Gasteiger partial charge on any atom is 0.260 e. The Balaban J connectivity index is 1.94. The molecular formula is C20H25ClN2O3. The number of likely N-dealkylation sites (N-methyl/N-ethyl adjacent to an activating group) is 1. The summed E-state index contributed by atoms with van der Waals surface area (Å²) in [5.74, 6) is 1.25. The molecule has 0 saturated heterocycles. The average molecular weight is 377 g/mol. The third kappa shape index (κ3) is 5.64. The van der Waals surface area contributed by atoms with Crippen molar-refractivity contribution in [2.45, 2.75) is 19.1 Å². The molecule has 0 bridgehead atoms. The average Bonchev–Trinajstić information content (AvgIpc) is 2.63. The highest BCUT2D eigenvalue weighted by Crippen LogP contribution is 2.21. The predicted octanol–water partition coefficient (Wildman–Crippen LogP) is 3.54. The number of nitrogens with zero attached hydrogens (tertiary/aromatic N) is 1. The van der Waals surface area contributed by atoms with Crippen LogP contribution in [0.1, 0.15) is 18.5 Å². The van der Waals surface area contributed by atoms with E-state index in [1.165, 1.54) is 0 Å². The molecule has 0 aliphatic heterocycles. The SMILES string of the molecule is COc1ccc(C(CNC(=O)C(C)Oc2ccc(Cl)cc2)N(C)C)cc1. The monoisotopic (exact) mass is 376 g/mol. The fourth-order valence-corrected chi connectivity index (χ4v) is 2.66. The van der Waals surface area contributed by atoms with Crippen molar-refractivity contribution in [3.8, 4) is 11.5 Å². The normalized spacial score (nSPS) is 13.2. The van der Waals surface area contributed by atoms with Crippen LogP contribution in [0, 0.1) is 0 Å². The first-order valence-electron chi connectivity index (χ1n) is 8.41. The van der Waals surface area contributed by atoms with E-state index in [1.54, 1.807) is 38.3 Å². The van der Waals surface area contributed by atoms with Gasteiger partial charge in [0.15, 0.2) is 6.10 Å². The lowest BCUT2D eigenvalue weighted by molar-refractivity contribution is -0.127. The van der Waals surface area contributed by atoms with Crippen LogP contribution in [-0.2, 0) is 4.79 Å². The minimum atomic E-state index is -0.602. The lowest BCUT2D eigenvalue weighted by Crippen LogP contribution is -2.41. The Kier molecular flexibility index (Phi) is 7.30. The number of rotatable bonds is 8. The second-order valence-corrected chi connectivity index (χ2v) is 6.65. The first-order chi connectivity index (χ1) is 12.4. The van der Waals surface area contributed by atoms with Crippen LogP contribution in [0.2, 0.25) is 5.02 Å². The zero-order chi connectivity index (χ0) is 19.1. The van der Waals surface area contributed by atoms with Gasteiger partial charge in [-0.25, -0.2) is 0 Å². The zero-order valence-corrected chi connectivity index (χ0v) is 16.3. The first-order valence-corrected chi connectivity index (χ1v) is 8.79. The Labute approximate surface area is 159 Å². The van der Waals surface area contributed by atoms with Crippen molar-refractivity contribution >= 4 is 17.5 Å². The molecule has 0 heterocycles. The van der Waals surface area contributed by atoms with Crippen LogP contribution in [0.25, 0.3) is 0 Å². The summed E-state index contributed by atoms with van der Waals surface area (Å²) in [5, 5.41) is 3.59. The molecule has 0 fully saturated rings. The van der Waals surface area contributed by atoms with Crippen LogP contribution in [0.3, 0.4) is 0 Å². The highest BCUT2D eigenvalue weighted by Gasteiger charge is 2.19. The van der Waals surface area contributed by atoms with Gasteiger partial charge in [-0.1, -0.05) is 23.7 Å². The van der Waals surface area contributed by atoms with Crippen molar-refractivity contribution in [2.24, 2.45) is 0 Å². The number of carbonyl (C=O) groups is 1. The highest BCUT2D eigenvalue weighted by atomic mass is 35.5. The van der Waals surface area contributed by atoms with Gasteiger partial charge < -0.3 is 19.7 Å². The van der Waals surface area contributed by atoms with Gasteiger partial charge >= 0.3 is 0 Å². The molecule has 0 aliphatic carbocycles. The summed E-state index contributed by atoms with van der Waals surface area (Å²) in [6.07, 6.45) is -0.602. The van der Waals surface area contributed by atoms with Gasteiger partial charge in [-0.2, -0.15) is 0 Å². The van der Waals surface area contributed by atoms with Crippen molar-refractivity contribution < 1.29 is 14.3 Å². The van der Waals surface area contributed by atoms with Crippen LogP contribution in [0.4, 0.5) is 0 Å². The number of methoxy groups -OCH3 is 1. The lowest BCUT2D eigenvalue weighted by atomic mass is 10.1. The van der Waals surface area contributed by atoms with Crippen molar-refractivity contribution in [3.63, 3.8) is 0 Å². The summed E-state index contributed by atoms with van der Waals surface area (Å²) in [6, 6.07) is 14.8. The zero-order valence-electron chi connectivity index (χ0n) is 15.5. The van der Waals surface area contributed by atoms with Gasteiger partial charge in [-0.05, 0) is 63.0 Å². The summed E-state index contributed by atoms with van der Waals surface area (Å²) < 4.78 is 10.9. The van der Waals surface area contributed by atoms with Gasteiger partial charge in [0.2, 0.25) is 0 Å². The molecule has 0 saturated carbocycles. The van der Waals surface area contributed by atoms with Crippen LogP contribution in [0.15, 0.2) is 48.5 Å². The maximum absolute atomic E-state index is 12.4. The molecule has 2 unspecified atom stereocenters. The Morgan fingerprint density at radius 3 is 2.19 bits per heavy atom. The summed E-state index contributed by atoms with van der Waals surface area (Å²) in [7, 11) is 5.60. The van der Waals surface area contributed by atoms with Crippen LogP contribution < -0.4 is 14.8 Å². The van der Waals surface area contributed by atoms with E-state index in [1.807, 2.05) is 38.4 Å². The minimum Gasteiger partial charge on any atom is -0.497 e. The number of hydrogen-bond donors (Lipinski definition) is 1. The highest BCUT2D eigenvalue weighted by molar-refractivity contribution is 6.30. The fraction of sp³-hybridized carbons (Fsp3) is 0.350. The van der Waals surface area contributed by atoms with E-state index in [2.05, 4.69) is 10.2 Å². The number of carbonyl (C=O) groups excluding carboxylic acids is 1. The quantitative estimate of drug-likeness (QED) is 0.765. The van der Waals surface area contributed by atoms with Gasteiger partial charge in [-0.15, -0.1) is 0 Å². The van der Waals surface area contributed by atoms with Gasteiger partial charge in [-0.3, -0.25) is 4.79 Å². The van der Waals surface area contributed by atoms with Crippen molar-refractivity contribution in [1.29, 1.82) is 0 Å². The Bertz CT molecular complexity index is 702. The molecule has 6 heteroatoms. The van der Waals surface area contributed by atoms with Gasteiger partial charge in [0, 0.05) is 11.6 Å². The number of halogens is 1. The van der Waals surface area contributed by atoms with E-state index in [0.29, 0.717) is 17.3 Å². The third-order valence-corrected chi connectivity index (χ3v) is 4.34. The Hall–Kier alpha value is -2.24. The summed E-state index contributed by atoms with van der Waals surface area (Å²) in [4.78, 5) is 14.4. The number of nitrogens with one attached hydrogen (secondary N) is 1. The molecule has 0 aliphatic rings. The molecule has 1 amide bonds. The molecule has 0 spiro atoms. The second-order valence-electron chi connectivity index (χ2n) is 6.21. The number of ether oxygens (including phenoxy) is 2. The minimum absolute atomic E-state index is 0.0487. The van der Waals surface area contributed by atoms with Crippen molar-refractivity contribution in [2.75, 3.05) is 27.7 Å². The Morgan fingerprint density at radius 1 is 1.08 bits per heavy atom. The van der Waals surface area contributed by atoms with Crippen LogP contribution in [-0.4, -0.2) is 44.7 Å². The maximum atomic E-state index is 12.4. The molecule has 140 valence electrons. The van der Waals surface area contributed by atoms with Gasteiger partial charge in [0.05, 0.1) is 13.2 Å². The molecular weight excluding hydrogens is 352 g/mol. The van der Waals surface area contributed by atoms with E-state index >= 15 is 0 Å². The van der Waals surface area contributed by atoms with E-state index in [4.69, 9.17) is 21.1 Å². The summed E-state index contributed by atoms with van der Waals surface area (Å²) in [6.45, 7) is 2.20. The van der Waals surface area contributed by atoms with E-state index < -0.39 is 6.10 Å². The van der Waals surface area contributed by atoms with Gasteiger partial charge in [0.1, 0.15) is 11.5 Å². The van der Waals surface area contributed by atoms with Crippen LogP contribution in [0.5, 0.6) is 11.5 Å². The molecule has 1 N–H and O–H groups in total. The van der Waals surface area contributed by atoms with E-state index in [-0.39, 0.29) is 11.9 Å². The van der Waals surface area contributed by atoms with Crippen molar-refractivity contribution in [1.82, 2.24) is 10.2 Å². The summed E-state index contributed by atoms with van der Waals surface area (Å²) in [5.41, 5.74) is 1.10. The number of amides is 1. The van der Waals surface area contributed by atoms with Crippen LogP contribution >= 0.6 is 11.6 Å². The number of benzene rings is 2. The molecule has 0 aromatic heterocycles. The first kappa shape index (κ1) is 20.1. The lowest BCUT2D eigenvalue weighted by Gasteiger charge is -2.26. The van der Waals surface area contributed by atoms with Gasteiger partial charge in [0.25, 0.3) is 5.91 Å². The second kappa shape index (κ2) is 9.46. The molecule has 2 aromatic carbocycles. The number of hydrogen-bond acceptors (Lipinski definition) is 4. The predicted molar refractivity (Wildman–Crippen MR) is 104 cm³/mol. The smallest absolute Gasteiger partial charge is 0.260 e. The molecule has 0 radical (unpaired) electrons. The Morgan fingerprint density at radius 2 is 1.65 bits per heavy atom. The molecule has 2 atom stereocenters. The standard InChI is InChI=1S/C20H25ClN2O3/c1-14(26-18-11-7-16(21)8-12-18)20(24)22-13-19(23(2)3)15-5-9-17(25-4)10-6-15/h5-12,14,19H,13H2,1-4H3,(H,22,24). The molecule has 26 heavy (non-hydrogen) atoms. The summed E-state index contributed by atoms with van der Waals surface area (Å²) >= 11 is 5.85. The molecule has 2 rings (SSSR count). The fourth-order valence-electron chi connectivity index (χ4n) is 2.54. The largest absolute Gasteiger partial charge is 0.497 e. The molecule has 2 aromatic rings. The van der Waals surface area contributed by atoms with E-state index in [9.17, 15) is 4.79 Å².